The lowest BCUT2D eigenvalue weighted by molar-refractivity contribution is 0.590. The maximum absolute atomic E-state index is 7.56. The van der Waals surface area contributed by atoms with Crippen LogP contribution in [0.5, 0.6) is 0 Å². The van der Waals surface area contributed by atoms with Gasteiger partial charge in [0.25, 0.3) is 0 Å². The van der Waals surface area contributed by atoms with Crippen LogP contribution in [0.3, 0.4) is 0 Å². The van der Waals surface area contributed by atoms with E-state index in [1.54, 1.807) is 0 Å². The smallest absolute Gasteiger partial charge is 0.145 e. The zero-order chi connectivity index (χ0) is 100. The summed E-state index contributed by atoms with van der Waals surface area (Å²) in [5.74, 6) is 0. The molecule has 2 aromatic heterocycles. The Morgan fingerprint density at radius 3 is 0.890 bits per heavy atom. The standard InChI is InChI=1S/C79H72N2O.C39H20Br2O.C20H27N/c1-75(2,3)49-29-37-53(38-30-49)80(54-39-31-50(32-40-54)76(4,5)6)57-45-46-62-64(47-57)58-21-13-14-24-61(58)71-72-67(79(73(62)71)65-26-18-15-22-59(65)60-23-16-19-27-66(60)79)48-68(70-63-25-17-20-28-69(63)82-74(70)72)81(55-41-33-51(34-42-55)77(7,8)9)56-43-35-52(36-44-56)78(10,11)12;40-21-17-18-26-28(19-21)22-9-1-2-12-25(22)35-36-31(20-32(41)34-27-13-5-8-16-33(27)42-38(34)36)39(37(26)35)29-14-6-3-10-23(29)24-11-4-7-15-30(24)39;1-19(2,3)15-7-11-17(12-8-15)21-18-13-9-16(10-14-18)20(4,5)6/h13-48H,1-12H3;1-20H;7-14,21H,1-6H3. The molecule has 0 bridgehead atoms. The highest BCUT2D eigenvalue weighted by Gasteiger charge is 2.57. The number of furan rings is 2. The number of fused-ring (bicyclic) bond motifs is 38. The van der Waals surface area contributed by atoms with Gasteiger partial charge in [0.05, 0.1) is 21.9 Å². The number of benzene rings is 20. The molecule has 4 aliphatic carbocycles. The van der Waals surface area contributed by atoms with Crippen molar-refractivity contribution in [2.75, 3.05) is 15.1 Å². The molecule has 2 spiro atoms. The first kappa shape index (κ1) is 92.8. The normalized spacial score (nSPS) is 13.6. The van der Waals surface area contributed by atoms with Gasteiger partial charge in [0.15, 0.2) is 0 Å². The van der Waals surface area contributed by atoms with Crippen LogP contribution < -0.4 is 15.1 Å². The highest BCUT2D eigenvalue weighted by molar-refractivity contribution is 9.11. The largest absolute Gasteiger partial charge is 0.455 e. The summed E-state index contributed by atoms with van der Waals surface area (Å²) in [7, 11) is 0. The Kier molecular flexibility index (Phi) is 21.8. The minimum atomic E-state index is -0.743. The number of hydrogen-bond acceptors (Lipinski definition) is 5. The fraction of sp³-hybridized carbons (Fsp3) is 0.188. The molecule has 0 fully saturated rings. The third-order valence-electron chi connectivity index (χ3n) is 31.4. The lowest BCUT2D eigenvalue weighted by atomic mass is 9.69. The quantitative estimate of drug-likeness (QED) is 0.154. The topological polar surface area (TPSA) is 44.8 Å². The fourth-order valence-corrected chi connectivity index (χ4v) is 25.2. The molecule has 4 aliphatic rings. The van der Waals surface area contributed by atoms with Gasteiger partial charge in [0.2, 0.25) is 0 Å². The molecule has 0 saturated carbocycles. The van der Waals surface area contributed by atoms with Gasteiger partial charge in [-0.05, 0) is 308 Å². The molecule has 26 rings (SSSR count). The van der Waals surface area contributed by atoms with E-state index in [-0.39, 0.29) is 32.5 Å². The Hall–Kier alpha value is -14.6. The molecule has 22 aromatic rings. The maximum atomic E-state index is 7.56. The third-order valence-corrected chi connectivity index (χ3v) is 32.6. The van der Waals surface area contributed by atoms with Gasteiger partial charge >= 0.3 is 0 Å². The maximum Gasteiger partial charge on any atom is 0.145 e. The van der Waals surface area contributed by atoms with Crippen molar-refractivity contribution in [2.45, 2.75) is 168 Å². The molecule has 5 nitrogen and oxygen atoms in total. The van der Waals surface area contributed by atoms with E-state index in [0.717, 1.165) is 104 Å². The molecule has 0 aliphatic heterocycles. The lowest BCUT2D eigenvalue weighted by Gasteiger charge is -2.34. The molecule has 0 saturated heterocycles. The summed E-state index contributed by atoms with van der Waals surface area (Å²) in [6, 6.07) is 145. The third kappa shape index (κ3) is 14.9. The van der Waals surface area contributed by atoms with E-state index in [9.17, 15) is 0 Å². The SMILES string of the molecule is Brc1ccc2c3c(c4ccccc4c2c1)-c1c(cc(Br)c2c1oc1ccccc12)C31c2ccccc2-c2ccccc21.CC(C)(C)c1ccc(N(c2ccc(C(C)(C)C)cc2)c2ccc3c4c(c5ccccc5c3c2)-c2c(cc(N(c3ccc(C(C)(C)C)cc3)c3ccc(C(C)(C)C)cc3)c3c2oc2ccccc23)C42c3ccccc3-c3ccccc32)cc1.CC(C)(C)c1ccc(Nc2ccc(C(C)(C)C)cc2)cc1. The van der Waals surface area contributed by atoms with Crippen molar-refractivity contribution in [1.29, 1.82) is 0 Å². The number of nitrogens with one attached hydrogen (secondary N) is 1. The second kappa shape index (κ2) is 34.0. The molecule has 0 radical (unpaired) electrons. The summed E-state index contributed by atoms with van der Waals surface area (Å²) in [5, 5.41) is 17.8. The molecule has 2 heterocycles. The molecule has 145 heavy (non-hydrogen) atoms. The Morgan fingerprint density at radius 1 is 0.228 bits per heavy atom. The molecule has 712 valence electrons. The van der Waals surface area contributed by atoms with Crippen LogP contribution >= 0.6 is 31.9 Å². The van der Waals surface area contributed by atoms with Crippen LogP contribution in [0, 0.1) is 0 Å². The summed E-state index contributed by atoms with van der Waals surface area (Å²) in [4.78, 5) is 4.96. The highest BCUT2D eigenvalue weighted by Crippen LogP contribution is 2.71. The van der Waals surface area contributed by atoms with Gasteiger partial charge in [-0.25, -0.2) is 0 Å². The van der Waals surface area contributed by atoms with Gasteiger partial charge in [0.1, 0.15) is 22.3 Å². The van der Waals surface area contributed by atoms with Crippen LogP contribution in [0.4, 0.5) is 45.5 Å². The van der Waals surface area contributed by atoms with Crippen molar-refractivity contribution in [3.8, 4) is 44.5 Å². The van der Waals surface area contributed by atoms with E-state index in [4.69, 9.17) is 8.83 Å². The van der Waals surface area contributed by atoms with Crippen LogP contribution in [0.2, 0.25) is 0 Å². The molecule has 0 atom stereocenters. The van der Waals surface area contributed by atoms with Gasteiger partial charge < -0.3 is 24.0 Å². The Labute approximate surface area is 868 Å². The summed E-state index contributed by atoms with van der Waals surface area (Å²) in [6.07, 6.45) is 0. The van der Waals surface area contributed by atoms with Gasteiger partial charge in [-0.15, -0.1) is 0 Å². The number of halogens is 2. The van der Waals surface area contributed by atoms with Crippen molar-refractivity contribution in [3.63, 3.8) is 0 Å². The molecule has 0 amide bonds. The van der Waals surface area contributed by atoms with Gasteiger partial charge in [-0.2, -0.15) is 0 Å². The predicted molar refractivity (Wildman–Crippen MR) is 623 cm³/mol. The van der Waals surface area contributed by atoms with Gasteiger partial charge in [0, 0.05) is 76.0 Å². The average molecular weight is 2010 g/mol. The zero-order valence-corrected chi connectivity index (χ0v) is 89.1. The van der Waals surface area contributed by atoms with Crippen molar-refractivity contribution in [2.24, 2.45) is 0 Å². The first-order valence-electron chi connectivity index (χ1n) is 51.2. The second-order valence-electron chi connectivity index (χ2n) is 46.5. The number of hydrogen-bond donors (Lipinski definition) is 1. The van der Waals surface area contributed by atoms with E-state index >= 15 is 0 Å². The zero-order valence-electron chi connectivity index (χ0n) is 85.9. The van der Waals surface area contributed by atoms with Crippen LogP contribution in [0.25, 0.3) is 131 Å². The van der Waals surface area contributed by atoms with Crippen molar-refractivity contribution < 1.29 is 8.83 Å². The number of para-hydroxylation sites is 2. The van der Waals surface area contributed by atoms with Crippen LogP contribution in [0.1, 0.15) is 203 Å². The monoisotopic (exact) mass is 2010 g/mol. The van der Waals surface area contributed by atoms with E-state index in [1.165, 1.54) is 160 Å². The molecule has 7 heteroatoms. The Bertz CT molecular complexity index is 8740. The summed E-state index contributed by atoms with van der Waals surface area (Å²) in [5.41, 5.74) is 39.9. The number of nitrogens with zero attached hydrogens (tertiary/aromatic N) is 2. The summed E-state index contributed by atoms with van der Waals surface area (Å²) in [6.45, 7) is 40.9. The van der Waals surface area contributed by atoms with Crippen molar-refractivity contribution in [3.05, 3.63) is 475 Å². The average Bonchev–Trinajstić information content (AvgIpc) is 1.49. The van der Waals surface area contributed by atoms with E-state index in [2.05, 4.69) is 560 Å². The fourth-order valence-electron chi connectivity index (χ4n) is 24.2. The van der Waals surface area contributed by atoms with Gasteiger partial charge in [-0.1, -0.05) is 423 Å². The van der Waals surface area contributed by atoms with Gasteiger partial charge in [-0.3, -0.25) is 0 Å². The Balaban J connectivity index is 0.000000147. The summed E-state index contributed by atoms with van der Waals surface area (Å²) >= 11 is 7.84. The Morgan fingerprint density at radius 2 is 0.517 bits per heavy atom. The lowest BCUT2D eigenvalue weighted by Crippen LogP contribution is -2.26. The van der Waals surface area contributed by atoms with Crippen LogP contribution in [-0.4, -0.2) is 0 Å². The van der Waals surface area contributed by atoms with Crippen molar-refractivity contribution in [1.82, 2.24) is 0 Å². The van der Waals surface area contributed by atoms with E-state index < -0.39 is 10.8 Å². The van der Waals surface area contributed by atoms with Crippen molar-refractivity contribution >= 4 is 164 Å². The molecular weight excluding hydrogens is 1890 g/mol. The first-order valence-corrected chi connectivity index (χ1v) is 52.8. The minimum absolute atomic E-state index is 0.0132. The molecule has 0 unspecified atom stereocenters. The van der Waals surface area contributed by atoms with Crippen LogP contribution in [0.15, 0.2) is 406 Å². The van der Waals surface area contributed by atoms with E-state index in [1.807, 2.05) is 0 Å². The minimum Gasteiger partial charge on any atom is -0.455 e. The van der Waals surface area contributed by atoms with E-state index in [0.29, 0.717) is 0 Å². The number of rotatable bonds is 8. The predicted octanol–water partition coefficient (Wildman–Crippen LogP) is 40.2. The van der Waals surface area contributed by atoms with Crippen LogP contribution in [-0.2, 0) is 43.3 Å². The second-order valence-corrected chi connectivity index (χ2v) is 48.3. The molecule has 1 N–H and O–H groups in total. The summed E-state index contributed by atoms with van der Waals surface area (Å²) < 4.78 is 16.6. The molecular formula is C138H119Br2N3O2. The highest BCUT2D eigenvalue weighted by atomic mass is 79.9. The first-order chi connectivity index (χ1) is 69.5. The number of anilines is 8. The molecule has 20 aromatic carbocycles.